The van der Waals surface area contributed by atoms with Gasteiger partial charge in [-0.15, -0.1) is 11.8 Å². The van der Waals surface area contributed by atoms with Crippen molar-refractivity contribution < 1.29 is 23.2 Å². The van der Waals surface area contributed by atoms with Crippen LogP contribution in [0.4, 0.5) is 17.1 Å². The zero-order valence-electron chi connectivity index (χ0n) is 24.5. The van der Waals surface area contributed by atoms with Gasteiger partial charge in [0.1, 0.15) is 5.69 Å². The maximum absolute atomic E-state index is 13.0. The van der Waals surface area contributed by atoms with E-state index in [1.54, 1.807) is 23.9 Å². The number of nitro benzene ring substituents is 1. The Hall–Kier alpha value is -4.39. The van der Waals surface area contributed by atoms with Crippen LogP contribution in [-0.2, 0) is 16.4 Å². The summed E-state index contributed by atoms with van der Waals surface area (Å²) in [5.41, 5.74) is 1.08. The average molecular weight is 647 g/mol. The molecule has 1 saturated heterocycles. The Morgan fingerprint density at radius 1 is 0.933 bits per heavy atom. The molecule has 1 aliphatic heterocycles. The molecule has 10 nitrogen and oxygen atoms in total. The minimum absolute atomic E-state index is 0.128. The Morgan fingerprint density at radius 3 is 2.22 bits per heavy atom. The number of sulfonamides is 1. The van der Waals surface area contributed by atoms with Gasteiger partial charge in [-0.05, 0) is 66.9 Å². The summed E-state index contributed by atoms with van der Waals surface area (Å²) in [5, 5.41) is 25.8. The second kappa shape index (κ2) is 14.1. The van der Waals surface area contributed by atoms with Gasteiger partial charge in [0.25, 0.3) is 21.6 Å². The maximum atomic E-state index is 13.0. The van der Waals surface area contributed by atoms with E-state index in [9.17, 15) is 28.4 Å². The van der Waals surface area contributed by atoms with E-state index in [-0.39, 0.29) is 16.1 Å². The molecule has 0 bridgehead atoms. The van der Waals surface area contributed by atoms with Crippen molar-refractivity contribution in [3.05, 3.63) is 124 Å². The van der Waals surface area contributed by atoms with Crippen molar-refractivity contribution in [3.63, 3.8) is 0 Å². The second-order valence-corrected chi connectivity index (χ2v) is 13.7. The van der Waals surface area contributed by atoms with Crippen molar-refractivity contribution in [1.29, 1.82) is 0 Å². The highest BCUT2D eigenvalue weighted by atomic mass is 32.2. The molecule has 5 rings (SSSR count). The van der Waals surface area contributed by atoms with Gasteiger partial charge in [-0.2, -0.15) is 0 Å². The van der Waals surface area contributed by atoms with Crippen LogP contribution in [0.1, 0.15) is 28.8 Å². The summed E-state index contributed by atoms with van der Waals surface area (Å²) in [4.78, 5) is 26.8. The van der Waals surface area contributed by atoms with Crippen molar-refractivity contribution >= 4 is 44.8 Å². The number of nitrogens with zero attached hydrogens (tertiary/aromatic N) is 2. The lowest BCUT2D eigenvalue weighted by atomic mass is 9.85. The van der Waals surface area contributed by atoms with Crippen molar-refractivity contribution in [1.82, 2.24) is 4.72 Å². The number of amides is 1. The minimum Gasteiger partial charge on any atom is -0.389 e. The third kappa shape index (κ3) is 8.41. The number of anilines is 2. The number of carbonyl (C=O) groups is 1. The van der Waals surface area contributed by atoms with E-state index in [4.69, 9.17) is 0 Å². The number of hydrogen-bond donors (Lipinski definition) is 3. The van der Waals surface area contributed by atoms with Gasteiger partial charge in [0, 0.05) is 54.0 Å². The molecule has 1 heterocycles. The molecular weight excluding hydrogens is 613 g/mol. The summed E-state index contributed by atoms with van der Waals surface area (Å²) < 4.78 is 28.0. The Morgan fingerprint density at radius 2 is 1.58 bits per heavy atom. The molecule has 4 aromatic carbocycles. The molecule has 0 spiro atoms. The van der Waals surface area contributed by atoms with Crippen LogP contribution < -0.4 is 14.9 Å². The monoisotopic (exact) mass is 646 g/mol. The summed E-state index contributed by atoms with van der Waals surface area (Å²) in [6.45, 7) is 1.70. The Bertz CT molecular complexity index is 1730. The molecule has 234 valence electrons. The number of benzene rings is 4. The van der Waals surface area contributed by atoms with Gasteiger partial charge in [0.15, 0.2) is 0 Å². The van der Waals surface area contributed by atoms with E-state index in [2.05, 4.69) is 10.2 Å². The number of thioether (sulfide) groups is 1. The molecule has 0 saturated carbocycles. The number of hydrogen-bond acceptors (Lipinski definition) is 9. The fourth-order valence-electron chi connectivity index (χ4n) is 5.25. The number of piperidine rings is 1. The van der Waals surface area contributed by atoms with Crippen molar-refractivity contribution in [3.8, 4) is 0 Å². The van der Waals surface area contributed by atoms with Gasteiger partial charge in [-0.1, -0.05) is 48.5 Å². The number of nitrogens with one attached hydrogen (secondary N) is 2. The van der Waals surface area contributed by atoms with Gasteiger partial charge in [0.05, 0.1) is 15.4 Å². The first-order valence-corrected chi connectivity index (χ1v) is 17.0. The number of aliphatic hydroxyl groups is 1. The highest BCUT2D eigenvalue weighted by Crippen LogP contribution is 2.30. The summed E-state index contributed by atoms with van der Waals surface area (Å²) in [5.74, 6) is -0.204. The van der Waals surface area contributed by atoms with Crippen LogP contribution in [0.2, 0.25) is 0 Å². The molecule has 12 heteroatoms. The molecule has 1 amide bonds. The lowest BCUT2D eigenvalue weighted by Crippen LogP contribution is -2.45. The normalized spacial score (nSPS) is 14.5. The molecular formula is C33H34N4O6S2. The predicted octanol–water partition coefficient (Wildman–Crippen LogP) is 5.49. The topological polar surface area (TPSA) is 142 Å². The largest absolute Gasteiger partial charge is 0.389 e. The summed E-state index contributed by atoms with van der Waals surface area (Å²) in [7, 11) is -4.39. The van der Waals surface area contributed by atoms with E-state index >= 15 is 0 Å². The molecule has 1 fully saturated rings. The lowest BCUT2D eigenvalue weighted by Gasteiger charge is -2.39. The second-order valence-electron chi connectivity index (χ2n) is 10.9. The third-order valence-corrected chi connectivity index (χ3v) is 10.0. The standard InChI is InChI=1S/C33H34N4O6S2/c38-32(26-11-13-27(14-12-26)36-20-17-33(39,18-21-36)24-25-7-3-1-4-8-25)35-45(42,43)29-15-16-30(31(23-29)37(40)41)34-19-22-44-28-9-5-2-6-10-28/h1-16,23,34,39H,17-22,24H2,(H,35,38). The minimum atomic E-state index is -4.39. The van der Waals surface area contributed by atoms with Crippen LogP contribution in [0.3, 0.4) is 0 Å². The summed E-state index contributed by atoms with van der Waals surface area (Å²) in [6.07, 6.45) is 1.77. The smallest absolute Gasteiger partial charge is 0.293 e. The van der Waals surface area contributed by atoms with Crippen LogP contribution >= 0.6 is 11.8 Å². The van der Waals surface area contributed by atoms with Crippen molar-refractivity contribution in [2.45, 2.75) is 34.7 Å². The Labute approximate surface area is 266 Å². The van der Waals surface area contributed by atoms with Gasteiger partial charge in [-0.25, -0.2) is 13.1 Å². The van der Waals surface area contributed by atoms with Crippen LogP contribution in [0, 0.1) is 10.1 Å². The number of nitro groups is 1. The SMILES string of the molecule is O=C(NS(=O)(=O)c1ccc(NCCSc2ccccc2)c([N+](=O)[O-])c1)c1ccc(N2CCC(O)(Cc3ccccc3)CC2)cc1. The van der Waals surface area contributed by atoms with Crippen molar-refractivity contribution in [2.24, 2.45) is 0 Å². The molecule has 0 unspecified atom stereocenters. The molecule has 0 aliphatic carbocycles. The van der Waals surface area contributed by atoms with Crippen molar-refractivity contribution in [2.75, 3.05) is 35.6 Å². The first-order valence-electron chi connectivity index (χ1n) is 14.5. The van der Waals surface area contributed by atoms with Crippen LogP contribution in [0.15, 0.2) is 113 Å². The van der Waals surface area contributed by atoms with E-state index < -0.39 is 32.1 Å². The third-order valence-electron chi connectivity index (χ3n) is 7.70. The molecule has 0 aromatic heterocycles. The molecule has 4 aromatic rings. The Balaban J connectivity index is 1.17. The molecule has 0 atom stereocenters. The quantitative estimate of drug-likeness (QED) is 0.0788. The summed E-state index contributed by atoms with van der Waals surface area (Å²) in [6, 6.07) is 29.7. The highest BCUT2D eigenvalue weighted by Gasteiger charge is 2.32. The molecule has 0 radical (unpaired) electrons. The van der Waals surface area contributed by atoms with Gasteiger partial charge in [-0.3, -0.25) is 14.9 Å². The van der Waals surface area contributed by atoms with Gasteiger partial charge in [0.2, 0.25) is 0 Å². The van der Waals surface area contributed by atoms with Crippen LogP contribution in [0.25, 0.3) is 0 Å². The number of rotatable bonds is 12. The first-order chi connectivity index (χ1) is 21.6. The van der Waals surface area contributed by atoms with E-state index in [1.807, 2.05) is 65.4 Å². The van der Waals surface area contributed by atoms with E-state index in [0.29, 0.717) is 44.6 Å². The zero-order valence-corrected chi connectivity index (χ0v) is 26.1. The highest BCUT2D eigenvalue weighted by molar-refractivity contribution is 7.99. The fraction of sp³-hybridized carbons (Fsp3) is 0.242. The van der Waals surface area contributed by atoms with E-state index in [0.717, 1.165) is 22.2 Å². The molecule has 45 heavy (non-hydrogen) atoms. The first kappa shape index (κ1) is 32.0. The molecule has 1 aliphatic rings. The molecule has 3 N–H and O–H groups in total. The predicted molar refractivity (Wildman–Crippen MR) is 176 cm³/mol. The number of carbonyl (C=O) groups excluding carboxylic acids is 1. The van der Waals surface area contributed by atoms with Gasteiger partial charge >= 0.3 is 0 Å². The maximum Gasteiger partial charge on any atom is 0.293 e. The zero-order chi connectivity index (χ0) is 31.9. The summed E-state index contributed by atoms with van der Waals surface area (Å²) >= 11 is 1.59. The lowest BCUT2D eigenvalue weighted by molar-refractivity contribution is -0.384. The van der Waals surface area contributed by atoms with Gasteiger partial charge < -0.3 is 15.3 Å². The van der Waals surface area contributed by atoms with Crippen LogP contribution in [-0.4, -0.2) is 55.3 Å². The van der Waals surface area contributed by atoms with E-state index in [1.165, 1.54) is 24.3 Å². The fourth-order valence-corrected chi connectivity index (χ4v) is 7.03. The van der Waals surface area contributed by atoms with Crippen LogP contribution in [0.5, 0.6) is 0 Å². The Kier molecular flexibility index (Phi) is 10.1. The average Bonchev–Trinajstić information content (AvgIpc) is 3.04.